The summed E-state index contributed by atoms with van der Waals surface area (Å²) in [5.74, 6) is 0.274. The molecule has 3 aromatic rings. The highest BCUT2D eigenvalue weighted by Gasteiger charge is 2.22. The van der Waals surface area contributed by atoms with Crippen LogP contribution in [0.15, 0.2) is 36.5 Å². The summed E-state index contributed by atoms with van der Waals surface area (Å²) in [6, 6.07) is 9.81. The first-order valence-electron chi connectivity index (χ1n) is 10.7. The molecule has 1 fully saturated rings. The van der Waals surface area contributed by atoms with Crippen molar-refractivity contribution in [3.8, 4) is 0 Å². The van der Waals surface area contributed by atoms with E-state index in [1.54, 1.807) is 30.3 Å². The number of amides is 3. The fourth-order valence-corrected chi connectivity index (χ4v) is 4.47. The lowest BCUT2D eigenvalue weighted by Gasteiger charge is -2.26. The summed E-state index contributed by atoms with van der Waals surface area (Å²) >= 11 is 0. The number of pyridine rings is 1. The van der Waals surface area contributed by atoms with Crippen LogP contribution in [0.2, 0.25) is 0 Å². The van der Waals surface area contributed by atoms with Crippen molar-refractivity contribution < 1.29 is 9.59 Å². The van der Waals surface area contributed by atoms with Gasteiger partial charge in [0.05, 0.1) is 11.2 Å². The summed E-state index contributed by atoms with van der Waals surface area (Å²) in [5.41, 5.74) is 4.37. The van der Waals surface area contributed by atoms with Gasteiger partial charge in [-0.15, -0.1) is 0 Å². The van der Waals surface area contributed by atoms with Crippen LogP contribution in [0, 0.1) is 0 Å². The molecule has 3 N–H and O–H groups in total. The van der Waals surface area contributed by atoms with Gasteiger partial charge in [-0.3, -0.25) is 14.6 Å². The van der Waals surface area contributed by atoms with Crippen molar-refractivity contribution in [1.29, 1.82) is 0 Å². The number of fused-ring (bicyclic) bond motifs is 2. The van der Waals surface area contributed by atoms with Crippen LogP contribution in [0.4, 0.5) is 16.3 Å². The zero-order valence-corrected chi connectivity index (χ0v) is 17.7. The fraction of sp³-hybridized carbons (Fsp3) is 0.348. The van der Waals surface area contributed by atoms with Gasteiger partial charge in [0.15, 0.2) is 0 Å². The van der Waals surface area contributed by atoms with E-state index < -0.39 is 0 Å². The third-order valence-electron chi connectivity index (χ3n) is 6.30. The van der Waals surface area contributed by atoms with Gasteiger partial charge in [-0.05, 0) is 56.1 Å². The number of likely N-dealkylation sites (tertiary alicyclic amines) is 1. The Morgan fingerprint density at radius 3 is 2.97 bits per heavy atom. The van der Waals surface area contributed by atoms with Gasteiger partial charge in [0, 0.05) is 55.1 Å². The van der Waals surface area contributed by atoms with Gasteiger partial charge in [-0.25, -0.2) is 9.78 Å². The number of aromatic nitrogens is 2. The Bertz CT molecular complexity index is 1170. The number of rotatable bonds is 4. The number of carbonyl (C=O) groups excluding carboxylic acids is 2. The lowest BCUT2D eigenvalue weighted by atomic mass is 10.1. The Hall–Kier alpha value is -3.39. The van der Waals surface area contributed by atoms with Gasteiger partial charge in [-0.2, -0.15) is 0 Å². The lowest BCUT2D eigenvalue weighted by Crippen LogP contribution is -2.41. The van der Waals surface area contributed by atoms with Crippen LogP contribution in [-0.4, -0.2) is 46.4 Å². The SMILES string of the molecule is C[C@H]1CCCN1Cc1cc2cnc(NC(=O)c3ccc4c(c3)CNC(=O)N4C)cc2[nH]1. The highest BCUT2D eigenvalue weighted by molar-refractivity contribution is 6.05. The van der Waals surface area contributed by atoms with Crippen LogP contribution in [0.1, 0.15) is 41.4 Å². The Kier molecular flexibility index (Phi) is 4.86. The van der Waals surface area contributed by atoms with E-state index >= 15 is 0 Å². The van der Waals surface area contributed by atoms with Crippen molar-refractivity contribution in [2.45, 2.75) is 38.9 Å². The zero-order valence-electron chi connectivity index (χ0n) is 17.7. The number of carbonyl (C=O) groups is 2. The summed E-state index contributed by atoms with van der Waals surface area (Å²) < 4.78 is 0. The molecule has 160 valence electrons. The number of aromatic amines is 1. The quantitative estimate of drug-likeness (QED) is 0.605. The molecule has 31 heavy (non-hydrogen) atoms. The standard InChI is InChI=1S/C23H26N6O2/c1-14-4-3-7-29(14)13-18-9-16-11-24-21(10-19(16)26-18)27-22(30)15-5-6-20-17(8-15)12-25-23(31)28(20)2/h5-6,8-11,14,26H,3-4,7,12-13H2,1-2H3,(H,25,31)(H,24,27,30)/t14-/m0/s1. The van der Waals surface area contributed by atoms with E-state index in [0.29, 0.717) is 24.0 Å². The summed E-state index contributed by atoms with van der Waals surface area (Å²) in [6.45, 7) is 4.72. The Morgan fingerprint density at radius 1 is 1.29 bits per heavy atom. The van der Waals surface area contributed by atoms with Crippen molar-refractivity contribution in [3.05, 3.63) is 53.3 Å². The number of nitrogens with zero attached hydrogens (tertiary/aromatic N) is 3. The number of urea groups is 1. The molecule has 0 aliphatic carbocycles. The van der Waals surface area contributed by atoms with Crippen LogP contribution >= 0.6 is 0 Å². The van der Waals surface area contributed by atoms with Crippen molar-refractivity contribution >= 4 is 34.3 Å². The maximum Gasteiger partial charge on any atom is 0.321 e. The molecule has 5 rings (SSSR count). The van der Waals surface area contributed by atoms with Gasteiger partial charge in [0.25, 0.3) is 5.91 Å². The van der Waals surface area contributed by atoms with E-state index in [0.717, 1.165) is 40.9 Å². The third-order valence-corrected chi connectivity index (χ3v) is 6.30. The second kappa shape index (κ2) is 7.70. The van der Waals surface area contributed by atoms with Crippen molar-refractivity contribution in [1.82, 2.24) is 20.2 Å². The minimum atomic E-state index is -0.230. The molecule has 2 aromatic heterocycles. The van der Waals surface area contributed by atoms with Gasteiger partial charge < -0.3 is 15.6 Å². The first-order chi connectivity index (χ1) is 15.0. The normalized spacial score (nSPS) is 18.8. The molecule has 0 bridgehead atoms. The number of nitrogens with one attached hydrogen (secondary N) is 3. The predicted octanol–water partition coefficient (Wildman–Crippen LogP) is 3.46. The fourth-order valence-electron chi connectivity index (χ4n) is 4.47. The monoisotopic (exact) mass is 418 g/mol. The van der Waals surface area contributed by atoms with E-state index in [9.17, 15) is 9.59 Å². The molecule has 4 heterocycles. The summed E-state index contributed by atoms with van der Waals surface area (Å²) in [4.78, 5) is 36.4. The van der Waals surface area contributed by atoms with Crippen molar-refractivity contribution in [2.75, 3.05) is 23.8 Å². The van der Waals surface area contributed by atoms with E-state index in [1.165, 1.54) is 12.8 Å². The topological polar surface area (TPSA) is 93.4 Å². The summed E-state index contributed by atoms with van der Waals surface area (Å²) in [6.07, 6.45) is 4.30. The van der Waals surface area contributed by atoms with Crippen LogP contribution in [0.3, 0.4) is 0 Å². The first kappa shape index (κ1) is 19.6. The van der Waals surface area contributed by atoms with Gasteiger partial charge >= 0.3 is 6.03 Å². The molecule has 0 saturated carbocycles. The number of H-pyrrole nitrogens is 1. The van der Waals surface area contributed by atoms with Crippen molar-refractivity contribution in [2.24, 2.45) is 0 Å². The molecule has 1 atom stereocenters. The minimum Gasteiger partial charge on any atom is -0.357 e. The smallest absolute Gasteiger partial charge is 0.321 e. The highest BCUT2D eigenvalue weighted by atomic mass is 16.2. The molecule has 0 radical (unpaired) electrons. The molecule has 0 spiro atoms. The molecule has 1 saturated heterocycles. The van der Waals surface area contributed by atoms with E-state index in [1.807, 2.05) is 12.1 Å². The second-order valence-electron chi connectivity index (χ2n) is 8.43. The number of hydrogen-bond donors (Lipinski definition) is 3. The molecule has 1 aromatic carbocycles. The number of benzene rings is 1. The predicted molar refractivity (Wildman–Crippen MR) is 120 cm³/mol. The van der Waals surface area contributed by atoms with Crippen LogP contribution in [-0.2, 0) is 13.1 Å². The molecule has 3 amide bonds. The highest BCUT2D eigenvalue weighted by Crippen LogP contribution is 2.26. The zero-order chi connectivity index (χ0) is 21.5. The lowest BCUT2D eigenvalue weighted by molar-refractivity contribution is 0.102. The average molecular weight is 419 g/mol. The Morgan fingerprint density at radius 2 is 2.16 bits per heavy atom. The number of hydrogen-bond acceptors (Lipinski definition) is 4. The Labute approximate surface area is 180 Å². The molecule has 0 unspecified atom stereocenters. The molecule has 2 aliphatic heterocycles. The molecule has 8 nitrogen and oxygen atoms in total. The van der Waals surface area contributed by atoms with Gasteiger partial charge in [0.2, 0.25) is 0 Å². The Balaban J connectivity index is 1.32. The largest absolute Gasteiger partial charge is 0.357 e. The van der Waals surface area contributed by atoms with Gasteiger partial charge in [0.1, 0.15) is 5.82 Å². The maximum absolute atomic E-state index is 12.8. The van der Waals surface area contributed by atoms with E-state index in [-0.39, 0.29) is 11.9 Å². The van der Waals surface area contributed by atoms with E-state index in [2.05, 4.69) is 38.5 Å². The molecule has 8 heteroatoms. The summed E-state index contributed by atoms with van der Waals surface area (Å²) in [7, 11) is 1.71. The molecule has 2 aliphatic rings. The second-order valence-corrected chi connectivity index (χ2v) is 8.43. The van der Waals surface area contributed by atoms with Crippen LogP contribution in [0.5, 0.6) is 0 Å². The van der Waals surface area contributed by atoms with Crippen LogP contribution in [0.25, 0.3) is 10.9 Å². The van der Waals surface area contributed by atoms with Crippen molar-refractivity contribution in [3.63, 3.8) is 0 Å². The maximum atomic E-state index is 12.8. The molecular formula is C23H26N6O2. The number of anilines is 2. The van der Waals surface area contributed by atoms with Crippen LogP contribution < -0.4 is 15.5 Å². The molecular weight excluding hydrogens is 392 g/mol. The van der Waals surface area contributed by atoms with Gasteiger partial charge in [-0.1, -0.05) is 0 Å². The first-order valence-corrected chi connectivity index (χ1v) is 10.7. The summed E-state index contributed by atoms with van der Waals surface area (Å²) in [5, 5.41) is 6.71. The third kappa shape index (κ3) is 3.74. The average Bonchev–Trinajstić information content (AvgIpc) is 3.35. The minimum absolute atomic E-state index is 0.147. The van der Waals surface area contributed by atoms with E-state index in [4.69, 9.17) is 0 Å².